The van der Waals surface area contributed by atoms with Gasteiger partial charge in [-0.05, 0) is 19.8 Å². The Labute approximate surface area is 153 Å². The molecule has 8 heteroatoms. The largest absolute Gasteiger partial charge is 0.466 e. The van der Waals surface area contributed by atoms with Crippen molar-refractivity contribution >= 4 is 16.0 Å². The second kappa shape index (κ2) is 7.59. The standard InChI is InChI=1S/C18H23N3O4S/c1-3-25-18(22)15-9-11-21(12-10-15)26(23,24)16-13-20(2)19-17(16)14-7-5-4-6-8-14/h4-8,13,15H,3,9-12H2,1-2H3. The maximum Gasteiger partial charge on any atom is 0.309 e. The first-order valence-electron chi connectivity index (χ1n) is 8.69. The molecule has 1 aliphatic rings. The Kier molecular flexibility index (Phi) is 5.43. The van der Waals surface area contributed by atoms with E-state index in [4.69, 9.17) is 4.74 Å². The van der Waals surface area contributed by atoms with Gasteiger partial charge in [0.15, 0.2) is 0 Å². The summed E-state index contributed by atoms with van der Waals surface area (Å²) in [7, 11) is -1.98. The molecule has 2 heterocycles. The zero-order valence-corrected chi connectivity index (χ0v) is 15.8. The molecule has 0 bridgehead atoms. The monoisotopic (exact) mass is 377 g/mol. The van der Waals surface area contributed by atoms with Crippen LogP contribution in [0.1, 0.15) is 19.8 Å². The number of sulfonamides is 1. The van der Waals surface area contributed by atoms with Gasteiger partial charge in [-0.15, -0.1) is 0 Å². The average molecular weight is 377 g/mol. The van der Waals surface area contributed by atoms with Crippen molar-refractivity contribution < 1.29 is 17.9 Å². The van der Waals surface area contributed by atoms with Crippen molar-refractivity contribution in [3.63, 3.8) is 0 Å². The van der Waals surface area contributed by atoms with E-state index in [1.54, 1.807) is 14.0 Å². The van der Waals surface area contributed by atoms with Crippen molar-refractivity contribution in [3.05, 3.63) is 36.5 Å². The van der Waals surface area contributed by atoms with Crippen molar-refractivity contribution in [1.29, 1.82) is 0 Å². The highest BCUT2D eigenvalue weighted by Crippen LogP contribution is 2.30. The zero-order chi connectivity index (χ0) is 18.7. The molecule has 0 spiro atoms. The first kappa shape index (κ1) is 18.6. The van der Waals surface area contributed by atoms with Crippen LogP contribution in [0.15, 0.2) is 41.4 Å². The molecule has 0 N–H and O–H groups in total. The van der Waals surface area contributed by atoms with Gasteiger partial charge in [0, 0.05) is 31.9 Å². The highest BCUT2D eigenvalue weighted by atomic mass is 32.2. The van der Waals surface area contributed by atoms with Gasteiger partial charge in [0.25, 0.3) is 0 Å². The summed E-state index contributed by atoms with van der Waals surface area (Å²) in [6, 6.07) is 9.26. The minimum atomic E-state index is -3.68. The normalized spacial score (nSPS) is 16.5. The number of aryl methyl sites for hydroxylation is 1. The van der Waals surface area contributed by atoms with Gasteiger partial charge in [0.2, 0.25) is 10.0 Å². The quantitative estimate of drug-likeness (QED) is 0.745. The molecule has 26 heavy (non-hydrogen) atoms. The maximum absolute atomic E-state index is 13.2. The van der Waals surface area contributed by atoms with E-state index >= 15 is 0 Å². The van der Waals surface area contributed by atoms with E-state index in [1.165, 1.54) is 15.2 Å². The van der Waals surface area contributed by atoms with Crippen LogP contribution in [0.25, 0.3) is 11.3 Å². The Bertz CT molecular complexity index is 869. The van der Waals surface area contributed by atoms with Crippen LogP contribution in [-0.2, 0) is 26.6 Å². The predicted molar refractivity (Wildman–Crippen MR) is 96.8 cm³/mol. The number of carbonyl (C=O) groups is 1. The Balaban J connectivity index is 1.83. The lowest BCUT2D eigenvalue weighted by molar-refractivity contribution is -0.149. The minimum absolute atomic E-state index is 0.195. The highest BCUT2D eigenvalue weighted by Gasteiger charge is 2.35. The second-order valence-corrected chi connectivity index (χ2v) is 8.22. The molecule has 1 aromatic heterocycles. The van der Waals surface area contributed by atoms with Crippen molar-refractivity contribution in [1.82, 2.24) is 14.1 Å². The number of aromatic nitrogens is 2. The molecule has 2 aromatic rings. The van der Waals surface area contributed by atoms with E-state index in [2.05, 4.69) is 5.10 Å². The molecule has 7 nitrogen and oxygen atoms in total. The molecule has 0 unspecified atom stereocenters. The number of piperidine rings is 1. The second-order valence-electron chi connectivity index (χ2n) is 6.31. The first-order chi connectivity index (χ1) is 12.4. The maximum atomic E-state index is 13.2. The van der Waals surface area contributed by atoms with Crippen molar-refractivity contribution in [2.75, 3.05) is 19.7 Å². The molecule has 0 amide bonds. The molecule has 3 rings (SSSR count). The van der Waals surface area contributed by atoms with Gasteiger partial charge in [0.05, 0.1) is 12.5 Å². The van der Waals surface area contributed by atoms with Gasteiger partial charge in [-0.1, -0.05) is 30.3 Å². The van der Waals surface area contributed by atoms with E-state index in [0.717, 1.165) is 5.56 Å². The SMILES string of the molecule is CCOC(=O)C1CCN(S(=O)(=O)c2cn(C)nc2-c2ccccc2)CC1. The minimum Gasteiger partial charge on any atom is -0.466 e. The van der Waals surface area contributed by atoms with Crippen molar-refractivity contribution in [2.45, 2.75) is 24.7 Å². The molecular weight excluding hydrogens is 354 g/mol. The summed E-state index contributed by atoms with van der Waals surface area (Å²) in [4.78, 5) is 12.1. The van der Waals surface area contributed by atoms with Crippen LogP contribution < -0.4 is 0 Å². The summed E-state index contributed by atoms with van der Waals surface area (Å²) in [5.74, 6) is -0.472. The van der Waals surface area contributed by atoms with Gasteiger partial charge in [0.1, 0.15) is 10.6 Å². The van der Waals surface area contributed by atoms with Crippen LogP contribution in [0.3, 0.4) is 0 Å². The molecular formula is C18H23N3O4S. The average Bonchev–Trinajstić information content (AvgIpc) is 3.05. The lowest BCUT2D eigenvalue weighted by atomic mass is 9.98. The van der Waals surface area contributed by atoms with Gasteiger partial charge < -0.3 is 4.74 Å². The topological polar surface area (TPSA) is 81.5 Å². The fourth-order valence-corrected chi connectivity index (χ4v) is 4.84. The third-order valence-corrected chi connectivity index (χ3v) is 6.43. The van der Waals surface area contributed by atoms with E-state index in [1.807, 2.05) is 30.3 Å². The summed E-state index contributed by atoms with van der Waals surface area (Å²) in [5.41, 5.74) is 1.20. The third kappa shape index (κ3) is 3.66. The fourth-order valence-electron chi connectivity index (χ4n) is 3.18. The summed E-state index contributed by atoms with van der Waals surface area (Å²) in [6.45, 7) is 2.71. The van der Waals surface area contributed by atoms with Crippen molar-refractivity contribution in [3.8, 4) is 11.3 Å². The van der Waals surface area contributed by atoms with E-state index in [0.29, 0.717) is 38.2 Å². The van der Waals surface area contributed by atoms with Crippen LogP contribution in [0.2, 0.25) is 0 Å². The van der Waals surface area contributed by atoms with Crippen LogP contribution in [0.4, 0.5) is 0 Å². The summed E-state index contributed by atoms with van der Waals surface area (Å²) < 4.78 is 34.3. The number of hydrogen-bond acceptors (Lipinski definition) is 5. The lowest BCUT2D eigenvalue weighted by Crippen LogP contribution is -2.40. The number of ether oxygens (including phenoxy) is 1. The van der Waals surface area contributed by atoms with E-state index in [9.17, 15) is 13.2 Å². The molecule has 1 aromatic carbocycles. The predicted octanol–water partition coefficient (Wildman–Crippen LogP) is 2.05. The Morgan fingerprint density at radius 2 is 1.88 bits per heavy atom. The van der Waals surface area contributed by atoms with Crippen molar-refractivity contribution in [2.24, 2.45) is 13.0 Å². The molecule has 1 saturated heterocycles. The van der Waals surface area contributed by atoms with E-state index < -0.39 is 10.0 Å². The number of esters is 1. The molecule has 0 atom stereocenters. The fraction of sp³-hybridized carbons (Fsp3) is 0.444. The van der Waals surface area contributed by atoms with Gasteiger partial charge >= 0.3 is 5.97 Å². The van der Waals surface area contributed by atoms with Crippen LogP contribution >= 0.6 is 0 Å². The Hall–Kier alpha value is -2.19. The van der Waals surface area contributed by atoms with Crippen LogP contribution in [0, 0.1) is 5.92 Å². The van der Waals surface area contributed by atoms with Gasteiger partial charge in [-0.3, -0.25) is 9.48 Å². The molecule has 0 radical (unpaired) electrons. The highest BCUT2D eigenvalue weighted by molar-refractivity contribution is 7.89. The van der Waals surface area contributed by atoms with Crippen LogP contribution in [-0.4, -0.2) is 48.2 Å². The van der Waals surface area contributed by atoms with Gasteiger partial charge in [-0.25, -0.2) is 8.42 Å². The summed E-state index contributed by atoms with van der Waals surface area (Å²) in [5, 5.41) is 4.35. The zero-order valence-electron chi connectivity index (χ0n) is 15.0. The number of hydrogen-bond donors (Lipinski definition) is 0. The molecule has 1 aliphatic heterocycles. The number of benzene rings is 1. The van der Waals surface area contributed by atoms with Crippen LogP contribution in [0.5, 0.6) is 0 Å². The summed E-state index contributed by atoms with van der Waals surface area (Å²) in [6.07, 6.45) is 2.48. The van der Waals surface area contributed by atoms with E-state index in [-0.39, 0.29) is 16.8 Å². The Morgan fingerprint density at radius 3 is 2.50 bits per heavy atom. The molecule has 1 fully saturated rings. The number of carbonyl (C=O) groups excluding carboxylic acids is 1. The number of rotatable bonds is 5. The molecule has 0 aliphatic carbocycles. The molecule has 0 saturated carbocycles. The third-order valence-electron chi connectivity index (χ3n) is 4.53. The van der Waals surface area contributed by atoms with Gasteiger partial charge in [-0.2, -0.15) is 9.40 Å². The smallest absolute Gasteiger partial charge is 0.309 e. The number of nitrogens with zero attached hydrogens (tertiary/aromatic N) is 3. The Morgan fingerprint density at radius 1 is 1.23 bits per heavy atom. The summed E-state index contributed by atoms with van der Waals surface area (Å²) >= 11 is 0. The first-order valence-corrected chi connectivity index (χ1v) is 10.1. The lowest BCUT2D eigenvalue weighted by Gasteiger charge is -2.29. The molecule has 140 valence electrons.